The summed E-state index contributed by atoms with van der Waals surface area (Å²) in [5, 5.41) is 0. The number of benzene rings is 1. The van der Waals surface area contributed by atoms with Crippen molar-refractivity contribution in [3.63, 3.8) is 0 Å². The molecule has 97 valence electrons. The van der Waals surface area contributed by atoms with Gasteiger partial charge in [-0.3, -0.25) is 9.97 Å². The highest BCUT2D eigenvalue weighted by atomic mass is 14.6. The summed E-state index contributed by atoms with van der Waals surface area (Å²) in [5.74, 6) is 0. The van der Waals surface area contributed by atoms with Crippen LogP contribution in [0, 0.1) is 19.9 Å². The highest BCUT2D eigenvalue weighted by molar-refractivity contribution is 5.87. The standard InChI is InChI=1S/C18H15N2/c1-13-7-8-14(2)18(16-6-4-10-20-12-16)17(13)15-5-3-9-19-11-15/h3-7,9-12H,1-2H3. The third kappa shape index (κ3) is 2.21. The molecular formula is C18H15N2. The Bertz CT molecular complexity index is 655. The first-order chi connectivity index (χ1) is 9.77. The largest absolute Gasteiger partial charge is 0.264 e. The molecule has 3 rings (SSSR count). The van der Waals surface area contributed by atoms with Crippen molar-refractivity contribution in [2.24, 2.45) is 0 Å². The van der Waals surface area contributed by atoms with E-state index in [1.165, 1.54) is 16.7 Å². The zero-order valence-corrected chi connectivity index (χ0v) is 11.6. The Hall–Kier alpha value is -2.48. The molecule has 3 aromatic rings. The topological polar surface area (TPSA) is 25.8 Å². The number of aryl methyl sites for hydroxylation is 2. The van der Waals surface area contributed by atoms with E-state index in [0.29, 0.717) is 0 Å². The van der Waals surface area contributed by atoms with E-state index in [0.717, 1.165) is 16.7 Å². The summed E-state index contributed by atoms with van der Waals surface area (Å²) in [4.78, 5) is 8.48. The van der Waals surface area contributed by atoms with E-state index >= 15 is 0 Å². The highest BCUT2D eigenvalue weighted by Gasteiger charge is 2.13. The molecule has 0 saturated heterocycles. The Morgan fingerprint density at radius 2 is 1.45 bits per heavy atom. The minimum atomic E-state index is 1.11. The van der Waals surface area contributed by atoms with Gasteiger partial charge in [0.2, 0.25) is 0 Å². The Kier molecular flexibility index (Phi) is 3.30. The lowest BCUT2D eigenvalue weighted by Gasteiger charge is -2.15. The molecule has 0 bridgehead atoms. The van der Waals surface area contributed by atoms with Crippen molar-refractivity contribution in [3.8, 4) is 22.3 Å². The summed E-state index contributed by atoms with van der Waals surface area (Å²) in [6, 6.07) is 13.5. The fourth-order valence-corrected chi connectivity index (χ4v) is 2.50. The van der Waals surface area contributed by atoms with Gasteiger partial charge in [0.05, 0.1) is 0 Å². The van der Waals surface area contributed by atoms with Gasteiger partial charge in [-0.15, -0.1) is 0 Å². The molecule has 0 amide bonds. The SMILES string of the molecule is Cc1[c]cc(C)c(-c2cccnc2)c1-c1cccnc1. The second-order valence-electron chi connectivity index (χ2n) is 4.83. The van der Waals surface area contributed by atoms with E-state index < -0.39 is 0 Å². The number of rotatable bonds is 2. The molecule has 0 fully saturated rings. The van der Waals surface area contributed by atoms with Gasteiger partial charge in [-0.2, -0.15) is 0 Å². The first kappa shape index (κ1) is 12.5. The molecule has 2 heterocycles. The second-order valence-corrected chi connectivity index (χ2v) is 4.83. The van der Waals surface area contributed by atoms with Crippen molar-refractivity contribution in [1.82, 2.24) is 9.97 Å². The molecule has 0 aliphatic heterocycles. The van der Waals surface area contributed by atoms with E-state index in [4.69, 9.17) is 0 Å². The summed E-state index contributed by atoms with van der Waals surface area (Å²) in [7, 11) is 0. The van der Waals surface area contributed by atoms with E-state index in [1.54, 1.807) is 12.4 Å². The van der Waals surface area contributed by atoms with Crippen molar-refractivity contribution in [3.05, 3.63) is 72.3 Å². The van der Waals surface area contributed by atoms with Crippen LogP contribution in [0.4, 0.5) is 0 Å². The molecule has 0 aliphatic rings. The van der Waals surface area contributed by atoms with Crippen LogP contribution < -0.4 is 0 Å². The van der Waals surface area contributed by atoms with Crippen molar-refractivity contribution in [2.75, 3.05) is 0 Å². The van der Waals surface area contributed by atoms with Gasteiger partial charge in [0.25, 0.3) is 0 Å². The molecule has 0 N–H and O–H groups in total. The minimum absolute atomic E-state index is 1.11. The fourth-order valence-electron chi connectivity index (χ4n) is 2.50. The van der Waals surface area contributed by atoms with Crippen LogP contribution in [0.25, 0.3) is 22.3 Å². The van der Waals surface area contributed by atoms with Crippen LogP contribution in [-0.4, -0.2) is 9.97 Å². The van der Waals surface area contributed by atoms with Gasteiger partial charge in [-0.25, -0.2) is 0 Å². The molecule has 2 heteroatoms. The number of hydrogen-bond acceptors (Lipinski definition) is 2. The lowest BCUT2D eigenvalue weighted by molar-refractivity contribution is 1.29. The monoisotopic (exact) mass is 259 g/mol. The molecular weight excluding hydrogens is 244 g/mol. The molecule has 1 radical (unpaired) electrons. The van der Waals surface area contributed by atoms with Crippen LogP contribution in [0.15, 0.2) is 55.1 Å². The van der Waals surface area contributed by atoms with Gasteiger partial charge >= 0.3 is 0 Å². The minimum Gasteiger partial charge on any atom is -0.264 e. The molecule has 2 aromatic heterocycles. The Morgan fingerprint density at radius 3 is 2.00 bits per heavy atom. The van der Waals surface area contributed by atoms with E-state index in [2.05, 4.69) is 42.0 Å². The zero-order chi connectivity index (χ0) is 13.9. The Morgan fingerprint density at radius 1 is 0.850 bits per heavy atom. The molecule has 2 nitrogen and oxygen atoms in total. The number of pyridine rings is 2. The van der Waals surface area contributed by atoms with Crippen molar-refractivity contribution in [1.29, 1.82) is 0 Å². The van der Waals surface area contributed by atoms with Crippen molar-refractivity contribution < 1.29 is 0 Å². The molecule has 20 heavy (non-hydrogen) atoms. The average molecular weight is 259 g/mol. The number of nitrogens with zero attached hydrogens (tertiary/aromatic N) is 2. The van der Waals surface area contributed by atoms with E-state index in [9.17, 15) is 0 Å². The van der Waals surface area contributed by atoms with Crippen LogP contribution >= 0.6 is 0 Å². The zero-order valence-electron chi connectivity index (χ0n) is 11.6. The van der Waals surface area contributed by atoms with Gasteiger partial charge in [-0.1, -0.05) is 18.2 Å². The van der Waals surface area contributed by atoms with Gasteiger partial charge < -0.3 is 0 Å². The summed E-state index contributed by atoms with van der Waals surface area (Å²) in [6.45, 7) is 4.19. The van der Waals surface area contributed by atoms with Crippen molar-refractivity contribution in [2.45, 2.75) is 13.8 Å². The lowest BCUT2D eigenvalue weighted by atomic mass is 9.89. The average Bonchev–Trinajstić information content (AvgIpc) is 2.51. The molecule has 0 aliphatic carbocycles. The normalized spacial score (nSPS) is 10.5. The van der Waals surface area contributed by atoms with Crippen LogP contribution in [-0.2, 0) is 0 Å². The predicted molar refractivity (Wildman–Crippen MR) is 81.2 cm³/mol. The Labute approximate surface area is 119 Å². The van der Waals surface area contributed by atoms with Gasteiger partial charge in [0.1, 0.15) is 0 Å². The molecule has 0 saturated carbocycles. The predicted octanol–water partition coefficient (Wildman–Crippen LogP) is 4.23. The van der Waals surface area contributed by atoms with Gasteiger partial charge in [0.15, 0.2) is 0 Å². The summed E-state index contributed by atoms with van der Waals surface area (Å²) in [6.07, 6.45) is 7.39. The highest BCUT2D eigenvalue weighted by Crippen LogP contribution is 2.36. The van der Waals surface area contributed by atoms with Crippen LogP contribution in [0.1, 0.15) is 11.1 Å². The van der Waals surface area contributed by atoms with Gasteiger partial charge in [-0.05, 0) is 54.3 Å². The number of aromatic nitrogens is 2. The number of hydrogen-bond donors (Lipinski definition) is 0. The van der Waals surface area contributed by atoms with Crippen molar-refractivity contribution >= 4 is 0 Å². The van der Waals surface area contributed by atoms with E-state index in [-0.39, 0.29) is 0 Å². The van der Waals surface area contributed by atoms with Gasteiger partial charge in [0, 0.05) is 35.9 Å². The lowest BCUT2D eigenvalue weighted by Crippen LogP contribution is -1.93. The molecule has 0 unspecified atom stereocenters. The van der Waals surface area contributed by atoms with Crippen LogP contribution in [0.3, 0.4) is 0 Å². The van der Waals surface area contributed by atoms with E-state index in [1.807, 2.05) is 30.6 Å². The smallest absolute Gasteiger partial charge is 0.0346 e. The maximum atomic E-state index is 4.24. The summed E-state index contributed by atoms with van der Waals surface area (Å²) < 4.78 is 0. The summed E-state index contributed by atoms with van der Waals surface area (Å²) in [5.41, 5.74) is 6.96. The fraction of sp³-hybridized carbons (Fsp3) is 0.111. The first-order valence-corrected chi connectivity index (χ1v) is 6.60. The molecule has 1 aromatic carbocycles. The molecule has 0 atom stereocenters. The quantitative estimate of drug-likeness (QED) is 0.688. The third-order valence-corrected chi connectivity index (χ3v) is 3.42. The van der Waals surface area contributed by atoms with Crippen LogP contribution in [0.2, 0.25) is 0 Å². The third-order valence-electron chi connectivity index (χ3n) is 3.42. The second kappa shape index (κ2) is 5.25. The summed E-state index contributed by atoms with van der Waals surface area (Å²) >= 11 is 0. The maximum Gasteiger partial charge on any atom is 0.0346 e. The molecule has 0 spiro atoms. The Balaban J connectivity index is 2.32. The maximum absolute atomic E-state index is 4.24. The van der Waals surface area contributed by atoms with Crippen LogP contribution in [0.5, 0.6) is 0 Å². The first-order valence-electron chi connectivity index (χ1n) is 6.60.